The van der Waals surface area contributed by atoms with Gasteiger partial charge in [0.1, 0.15) is 18.2 Å². The van der Waals surface area contributed by atoms with E-state index in [2.05, 4.69) is 10.1 Å². The van der Waals surface area contributed by atoms with Gasteiger partial charge in [0, 0.05) is 6.07 Å². The van der Waals surface area contributed by atoms with Crippen LogP contribution in [0.1, 0.15) is 11.7 Å². The summed E-state index contributed by atoms with van der Waals surface area (Å²) in [7, 11) is 0. The molecule has 2 N–H and O–H groups in total. The molecular formula is C12H13FN4O2. The molecule has 2 aromatic rings. The Morgan fingerprint density at radius 2 is 2.32 bits per heavy atom. The van der Waals surface area contributed by atoms with Crippen molar-refractivity contribution < 1.29 is 13.7 Å². The van der Waals surface area contributed by atoms with E-state index >= 15 is 0 Å². The predicted octanol–water partition coefficient (Wildman–Crippen LogP) is 1.07. The molecule has 1 aliphatic rings. The summed E-state index contributed by atoms with van der Waals surface area (Å²) >= 11 is 0. The second-order valence-electron chi connectivity index (χ2n) is 4.19. The van der Waals surface area contributed by atoms with Crippen molar-refractivity contribution in [2.75, 3.05) is 18.1 Å². The van der Waals surface area contributed by atoms with Crippen molar-refractivity contribution in [2.45, 2.75) is 13.1 Å². The molecule has 1 aromatic carbocycles. The van der Waals surface area contributed by atoms with Crippen LogP contribution in [0.15, 0.2) is 22.7 Å². The molecule has 0 fully saturated rings. The Morgan fingerprint density at radius 1 is 1.42 bits per heavy atom. The average molecular weight is 264 g/mol. The van der Waals surface area contributed by atoms with Crippen molar-refractivity contribution in [2.24, 2.45) is 5.73 Å². The number of hydrogen-bond acceptors (Lipinski definition) is 6. The third kappa shape index (κ3) is 2.37. The molecule has 0 aliphatic carbocycles. The highest BCUT2D eigenvalue weighted by molar-refractivity contribution is 5.59. The highest BCUT2D eigenvalue weighted by Crippen LogP contribution is 2.32. The van der Waals surface area contributed by atoms with Crippen LogP contribution in [0, 0.1) is 5.82 Å². The maximum absolute atomic E-state index is 13.3. The van der Waals surface area contributed by atoms with Gasteiger partial charge in [0.2, 0.25) is 5.89 Å². The van der Waals surface area contributed by atoms with E-state index in [-0.39, 0.29) is 12.4 Å². The van der Waals surface area contributed by atoms with E-state index in [9.17, 15) is 4.39 Å². The zero-order valence-corrected chi connectivity index (χ0v) is 10.2. The smallest absolute Gasteiger partial charge is 0.240 e. The van der Waals surface area contributed by atoms with Gasteiger partial charge < -0.3 is 19.9 Å². The Kier molecular flexibility index (Phi) is 3.04. The van der Waals surface area contributed by atoms with Crippen molar-refractivity contribution >= 4 is 5.69 Å². The standard InChI is InChI=1S/C12H13FN4O2/c13-8-1-2-10-9(5-8)17(3-4-18-10)7-11-15-12(6-14)19-16-11/h1-2,5H,3-4,6-7,14H2. The number of hydrogen-bond donors (Lipinski definition) is 1. The van der Waals surface area contributed by atoms with Gasteiger partial charge in [-0.15, -0.1) is 0 Å². The summed E-state index contributed by atoms with van der Waals surface area (Å²) in [4.78, 5) is 6.09. The average Bonchev–Trinajstić information content (AvgIpc) is 2.87. The van der Waals surface area contributed by atoms with Crippen molar-refractivity contribution in [3.63, 3.8) is 0 Å². The molecule has 3 rings (SSSR count). The van der Waals surface area contributed by atoms with E-state index in [1.807, 2.05) is 4.90 Å². The minimum Gasteiger partial charge on any atom is -0.490 e. The molecule has 100 valence electrons. The molecule has 0 atom stereocenters. The Hall–Kier alpha value is -2.15. The van der Waals surface area contributed by atoms with E-state index < -0.39 is 0 Å². The van der Waals surface area contributed by atoms with Crippen LogP contribution in [0.4, 0.5) is 10.1 Å². The molecule has 0 spiro atoms. The van der Waals surface area contributed by atoms with Crippen molar-refractivity contribution in [3.8, 4) is 5.75 Å². The first kappa shape index (κ1) is 11.9. The number of anilines is 1. The van der Waals surface area contributed by atoms with Crippen LogP contribution in [0.2, 0.25) is 0 Å². The largest absolute Gasteiger partial charge is 0.490 e. The van der Waals surface area contributed by atoms with E-state index in [1.54, 1.807) is 6.07 Å². The summed E-state index contributed by atoms with van der Waals surface area (Å²) in [6, 6.07) is 4.44. The summed E-state index contributed by atoms with van der Waals surface area (Å²) in [5.41, 5.74) is 6.11. The molecule has 0 bridgehead atoms. The van der Waals surface area contributed by atoms with Crippen LogP contribution in [-0.2, 0) is 13.1 Å². The maximum atomic E-state index is 13.3. The van der Waals surface area contributed by atoms with Crippen LogP contribution in [0.25, 0.3) is 0 Å². The molecule has 0 saturated carbocycles. The Balaban J connectivity index is 1.84. The third-order valence-electron chi connectivity index (χ3n) is 2.90. The summed E-state index contributed by atoms with van der Waals surface area (Å²) in [5.74, 6) is 1.28. The summed E-state index contributed by atoms with van der Waals surface area (Å²) in [6.07, 6.45) is 0. The normalized spacial score (nSPS) is 14.1. The molecule has 0 saturated heterocycles. The second-order valence-corrected chi connectivity index (χ2v) is 4.19. The van der Waals surface area contributed by atoms with Gasteiger partial charge in [0.25, 0.3) is 0 Å². The quantitative estimate of drug-likeness (QED) is 0.893. The fourth-order valence-electron chi connectivity index (χ4n) is 2.02. The van der Waals surface area contributed by atoms with Crippen LogP contribution in [0.3, 0.4) is 0 Å². The monoisotopic (exact) mass is 264 g/mol. The second kappa shape index (κ2) is 4.85. The topological polar surface area (TPSA) is 77.4 Å². The summed E-state index contributed by atoms with van der Waals surface area (Å²) in [5, 5.41) is 3.83. The number of benzene rings is 1. The minimum absolute atomic E-state index is 0.210. The first-order valence-electron chi connectivity index (χ1n) is 5.95. The molecule has 0 amide bonds. The molecule has 2 heterocycles. The summed E-state index contributed by atoms with van der Waals surface area (Å²) in [6.45, 7) is 1.83. The van der Waals surface area contributed by atoms with Crippen LogP contribution in [0.5, 0.6) is 5.75 Å². The van der Waals surface area contributed by atoms with Gasteiger partial charge in [-0.05, 0) is 12.1 Å². The van der Waals surface area contributed by atoms with Gasteiger partial charge in [0.15, 0.2) is 5.82 Å². The Labute approximate surface area is 109 Å². The first-order chi connectivity index (χ1) is 9.26. The third-order valence-corrected chi connectivity index (χ3v) is 2.90. The van der Waals surface area contributed by atoms with Gasteiger partial charge >= 0.3 is 0 Å². The van der Waals surface area contributed by atoms with E-state index in [0.717, 1.165) is 0 Å². The fourth-order valence-corrected chi connectivity index (χ4v) is 2.02. The lowest BCUT2D eigenvalue weighted by molar-refractivity contribution is 0.305. The lowest BCUT2D eigenvalue weighted by Gasteiger charge is -2.30. The lowest BCUT2D eigenvalue weighted by Crippen LogP contribution is -2.32. The molecule has 1 aliphatic heterocycles. The summed E-state index contributed by atoms with van der Waals surface area (Å²) < 4.78 is 23.7. The molecule has 0 radical (unpaired) electrons. The number of aromatic nitrogens is 2. The highest BCUT2D eigenvalue weighted by Gasteiger charge is 2.20. The SMILES string of the molecule is NCc1nc(CN2CCOc3ccc(F)cc32)no1. The van der Waals surface area contributed by atoms with Crippen LogP contribution >= 0.6 is 0 Å². The number of rotatable bonds is 3. The Bertz CT molecular complexity index is 587. The lowest BCUT2D eigenvalue weighted by atomic mass is 10.2. The number of nitrogens with zero attached hydrogens (tertiary/aromatic N) is 3. The van der Waals surface area contributed by atoms with Gasteiger partial charge in [-0.3, -0.25) is 0 Å². The maximum Gasteiger partial charge on any atom is 0.240 e. The van der Waals surface area contributed by atoms with Gasteiger partial charge in [-0.2, -0.15) is 4.98 Å². The molecule has 1 aromatic heterocycles. The molecular weight excluding hydrogens is 251 g/mol. The van der Waals surface area contributed by atoms with Crippen molar-refractivity contribution in [1.29, 1.82) is 0 Å². The number of ether oxygens (including phenoxy) is 1. The zero-order valence-electron chi connectivity index (χ0n) is 10.2. The van der Waals surface area contributed by atoms with Crippen LogP contribution < -0.4 is 15.4 Å². The Morgan fingerprint density at radius 3 is 3.11 bits per heavy atom. The first-order valence-corrected chi connectivity index (χ1v) is 5.95. The van der Waals surface area contributed by atoms with Crippen molar-refractivity contribution in [3.05, 3.63) is 35.7 Å². The van der Waals surface area contributed by atoms with Gasteiger partial charge in [-0.1, -0.05) is 5.16 Å². The molecule has 19 heavy (non-hydrogen) atoms. The highest BCUT2D eigenvalue weighted by atomic mass is 19.1. The molecule has 6 nitrogen and oxygen atoms in total. The van der Waals surface area contributed by atoms with E-state index in [1.165, 1.54) is 12.1 Å². The number of nitrogens with two attached hydrogens (primary N) is 1. The van der Waals surface area contributed by atoms with E-state index in [0.29, 0.717) is 42.8 Å². The molecule has 0 unspecified atom stereocenters. The van der Waals surface area contributed by atoms with Crippen LogP contribution in [-0.4, -0.2) is 23.3 Å². The minimum atomic E-state index is -0.301. The van der Waals surface area contributed by atoms with Gasteiger partial charge in [-0.25, -0.2) is 4.39 Å². The number of halogens is 1. The van der Waals surface area contributed by atoms with Crippen molar-refractivity contribution in [1.82, 2.24) is 10.1 Å². The number of fused-ring (bicyclic) bond motifs is 1. The fraction of sp³-hybridized carbons (Fsp3) is 0.333. The van der Waals surface area contributed by atoms with E-state index in [4.69, 9.17) is 15.0 Å². The molecule has 7 heteroatoms. The van der Waals surface area contributed by atoms with Gasteiger partial charge in [0.05, 0.1) is 25.3 Å². The zero-order chi connectivity index (χ0) is 13.2. The predicted molar refractivity (Wildman–Crippen MR) is 65.1 cm³/mol.